The SMILES string of the molecule is COC(=O)C(CC(F)(F)Cc1ccc(F)cc1)NC(=O)OC(C)(C)C. The second-order valence-electron chi connectivity index (χ2n) is 6.59. The van der Waals surface area contributed by atoms with Crippen LogP contribution in [0.5, 0.6) is 0 Å². The average Bonchev–Trinajstić information content (AvgIpc) is 2.45. The van der Waals surface area contributed by atoms with Gasteiger partial charge in [-0.2, -0.15) is 0 Å². The maximum atomic E-state index is 14.3. The highest BCUT2D eigenvalue weighted by molar-refractivity contribution is 5.81. The molecule has 1 amide bonds. The highest BCUT2D eigenvalue weighted by Crippen LogP contribution is 2.26. The molecule has 0 heterocycles. The van der Waals surface area contributed by atoms with Crippen LogP contribution in [0.25, 0.3) is 0 Å². The van der Waals surface area contributed by atoms with E-state index >= 15 is 0 Å². The Kier molecular flexibility index (Phi) is 6.84. The third-order valence-corrected chi connectivity index (χ3v) is 3.06. The number of nitrogens with one attached hydrogen (secondary N) is 1. The van der Waals surface area contributed by atoms with Gasteiger partial charge in [0, 0.05) is 12.8 Å². The van der Waals surface area contributed by atoms with Gasteiger partial charge in [-0.05, 0) is 38.5 Å². The lowest BCUT2D eigenvalue weighted by atomic mass is 10.0. The van der Waals surface area contributed by atoms with Crippen molar-refractivity contribution in [2.75, 3.05) is 7.11 Å². The largest absolute Gasteiger partial charge is 0.467 e. The van der Waals surface area contributed by atoms with Crippen LogP contribution < -0.4 is 5.32 Å². The number of ether oxygens (including phenoxy) is 2. The summed E-state index contributed by atoms with van der Waals surface area (Å²) in [6.45, 7) is 4.80. The lowest BCUT2D eigenvalue weighted by Crippen LogP contribution is -2.47. The molecule has 1 atom stereocenters. The van der Waals surface area contributed by atoms with Gasteiger partial charge in [0.25, 0.3) is 5.92 Å². The highest BCUT2D eigenvalue weighted by Gasteiger charge is 2.38. The van der Waals surface area contributed by atoms with E-state index in [1.54, 1.807) is 20.8 Å². The third-order valence-electron chi connectivity index (χ3n) is 3.06. The van der Waals surface area contributed by atoms with Gasteiger partial charge in [-0.15, -0.1) is 0 Å². The molecular formula is C17H22F3NO4. The van der Waals surface area contributed by atoms with E-state index in [1.807, 2.05) is 0 Å². The van der Waals surface area contributed by atoms with Crippen LogP contribution >= 0.6 is 0 Å². The van der Waals surface area contributed by atoms with Crippen molar-refractivity contribution in [2.24, 2.45) is 0 Å². The molecule has 0 aliphatic carbocycles. The van der Waals surface area contributed by atoms with Crippen LogP contribution in [-0.2, 0) is 20.7 Å². The van der Waals surface area contributed by atoms with Gasteiger partial charge < -0.3 is 14.8 Å². The fourth-order valence-corrected chi connectivity index (χ4v) is 2.06. The number of methoxy groups -OCH3 is 1. The number of hydrogen-bond acceptors (Lipinski definition) is 4. The second kappa shape index (κ2) is 8.22. The summed E-state index contributed by atoms with van der Waals surface area (Å²) < 4.78 is 50.8. The summed E-state index contributed by atoms with van der Waals surface area (Å²) in [5.74, 6) is -4.87. The Labute approximate surface area is 144 Å². The van der Waals surface area contributed by atoms with Gasteiger partial charge >= 0.3 is 12.1 Å². The molecule has 1 aromatic rings. The molecule has 0 aliphatic heterocycles. The minimum atomic E-state index is -3.33. The van der Waals surface area contributed by atoms with Gasteiger partial charge in [0.05, 0.1) is 7.11 Å². The number of halogens is 3. The number of amides is 1. The van der Waals surface area contributed by atoms with Crippen molar-refractivity contribution in [1.82, 2.24) is 5.32 Å². The number of alkyl halides is 2. The molecule has 0 radical (unpaired) electrons. The molecule has 0 aliphatic rings. The Morgan fingerprint density at radius 1 is 1.16 bits per heavy atom. The fraction of sp³-hybridized carbons (Fsp3) is 0.529. The molecule has 0 spiro atoms. The molecule has 25 heavy (non-hydrogen) atoms. The molecular weight excluding hydrogens is 339 g/mol. The summed E-state index contributed by atoms with van der Waals surface area (Å²) in [7, 11) is 1.03. The Hall–Kier alpha value is -2.25. The molecule has 0 fully saturated rings. The Balaban J connectivity index is 2.80. The topological polar surface area (TPSA) is 64.6 Å². The average molecular weight is 361 g/mol. The molecule has 1 unspecified atom stereocenters. The number of alkyl carbamates (subject to hydrolysis) is 1. The molecule has 0 aromatic heterocycles. The Morgan fingerprint density at radius 2 is 1.72 bits per heavy atom. The zero-order valence-corrected chi connectivity index (χ0v) is 14.6. The lowest BCUT2D eigenvalue weighted by molar-refractivity contribution is -0.146. The third kappa shape index (κ3) is 7.91. The summed E-state index contributed by atoms with van der Waals surface area (Å²) in [6.07, 6.45) is -2.69. The first kappa shape index (κ1) is 20.8. The summed E-state index contributed by atoms with van der Waals surface area (Å²) in [4.78, 5) is 23.5. The predicted octanol–water partition coefficient (Wildman–Crippen LogP) is 3.46. The van der Waals surface area contributed by atoms with Crippen LogP contribution in [0, 0.1) is 5.82 Å². The number of rotatable bonds is 6. The quantitative estimate of drug-likeness (QED) is 0.788. The van der Waals surface area contributed by atoms with E-state index in [-0.39, 0.29) is 5.56 Å². The van der Waals surface area contributed by atoms with E-state index in [0.717, 1.165) is 19.2 Å². The van der Waals surface area contributed by atoms with Gasteiger partial charge in [0.2, 0.25) is 0 Å². The van der Waals surface area contributed by atoms with Crippen LogP contribution in [0.3, 0.4) is 0 Å². The molecule has 0 saturated heterocycles. The monoisotopic (exact) mass is 361 g/mol. The van der Waals surface area contributed by atoms with Crippen LogP contribution in [-0.4, -0.2) is 36.7 Å². The first-order valence-electron chi connectivity index (χ1n) is 7.61. The van der Waals surface area contributed by atoms with Crippen molar-refractivity contribution in [2.45, 2.75) is 51.2 Å². The van der Waals surface area contributed by atoms with Crippen molar-refractivity contribution in [3.8, 4) is 0 Å². The van der Waals surface area contributed by atoms with Crippen LogP contribution in [0.2, 0.25) is 0 Å². The lowest BCUT2D eigenvalue weighted by Gasteiger charge is -2.25. The molecule has 5 nitrogen and oxygen atoms in total. The number of esters is 1. The molecule has 0 saturated carbocycles. The Bertz CT molecular complexity index is 597. The standard InChI is InChI=1S/C17H22F3NO4/c1-16(2,3)25-15(23)21-13(14(22)24-4)10-17(19,20)9-11-5-7-12(18)8-6-11/h5-8,13H,9-10H2,1-4H3,(H,21,23). The molecule has 8 heteroatoms. The van der Waals surface area contributed by atoms with Crippen LogP contribution in [0.4, 0.5) is 18.0 Å². The first-order chi connectivity index (χ1) is 11.4. The zero-order valence-electron chi connectivity index (χ0n) is 14.6. The molecule has 1 rings (SSSR count). The number of carbonyl (C=O) groups excluding carboxylic acids is 2. The fourth-order valence-electron chi connectivity index (χ4n) is 2.06. The van der Waals surface area contributed by atoms with Crippen molar-refractivity contribution < 1.29 is 32.2 Å². The molecule has 140 valence electrons. The van der Waals surface area contributed by atoms with Crippen molar-refractivity contribution in [3.63, 3.8) is 0 Å². The molecule has 1 N–H and O–H groups in total. The van der Waals surface area contributed by atoms with E-state index < -0.39 is 48.3 Å². The van der Waals surface area contributed by atoms with E-state index in [1.165, 1.54) is 12.1 Å². The molecule has 0 bridgehead atoms. The summed E-state index contributed by atoms with van der Waals surface area (Å²) >= 11 is 0. The number of carbonyl (C=O) groups is 2. The van der Waals surface area contributed by atoms with Crippen LogP contribution in [0.1, 0.15) is 32.8 Å². The number of hydrogen-bond donors (Lipinski definition) is 1. The van der Waals surface area contributed by atoms with Gasteiger partial charge in [0.15, 0.2) is 0 Å². The van der Waals surface area contributed by atoms with E-state index in [4.69, 9.17) is 4.74 Å². The minimum absolute atomic E-state index is 0.201. The Morgan fingerprint density at radius 3 is 2.20 bits per heavy atom. The summed E-state index contributed by atoms with van der Waals surface area (Å²) in [6, 6.07) is 3.04. The van der Waals surface area contributed by atoms with Crippen molar-refractivity contribution >= 4 is 12.1 Å². The van der Waals surface area contributed by atoms with Gasteiger partial charge in [-0.3, -0.25) is 0 Å². The molecule has 1 aromatic carbocycles. The second-order valence-corrected chi connectivity index (χ2v) is 6.59. The first-order valence-corrected chi connectivity index (χ1v) is 7.61. The van der Waals surface area contributed by atoms with E-state index in [0.29, 0.717) is 0 Å². The van der Waals surface area contributed by atoms with E-state index in [9.17, 15) is 22.8 Å². The highest BCUT2D eigenvalue weighted by atomic mass is 19.3. The van der Waals surface area contributed by atoms with Gasteiger partial charge in [0.1, 0.15) is 17.5 Å². The normalized spacial score (nSPS) is 13.1. The summed E-state index contributed by atoms with van der Waals surface area (Å²) in [5, 5.41) is 2.10. The number of benzene rings is 1. The van der Waals surface area contributed by atoms with Crippen LogP contribution in [0.15, 0.2) is 24.3 Å². The smallest absolute Gasteiger partial charge is 0.408 e. The van der Waals surface area contributed by atoms with Crippen molar-refractivity contribution in [3.05, 3.63) is 35.6 Å². The van der Waals surface area contributed by atoms with Gasteiger partial charge in [-0.1, -0.05) is 12.1 Å². The summed E-state index contributed by atoms with van der Waals surface area (Å²) in [5.41, 5.74) is -0.645. The maximum absolute atomic E-state index is 14.3. The maximum Gasteiger partial charge on any atom is 0.408 e. The van der Waals surface area contributed by atoms with Gasteiger partial charge in [-0.25, -0.2) is 22.8 Å². The van der Waals surface area contributed by atoms with E-state index in [2.05, 4.69) is 10.1 Å². The minimum Gasteiger partial charge on any atom is -0.467 e. The van der Waals surface area contributed by atoms with Crippen molar-refractivity contribution in [1.29, 1.82) is 0 Å². The predicted molar refractivity (Wildman–Crippen MR) is 84.8 cm³/mol. The zero-order chi connectivity index (χ0) is 19.3.